The molecule has 4 heteroatoms. The van der Waals surface area contributed by atoms with E-state index in [-0.39, 0.29) is 0 Å². The highest BCUT2D eigenvalue weighted by atomic mass is 16.5. The van der Waals surface area contributed by atoms with Gasteiger partial charge in [0.2, 0.25) is 11.6 Å². The maximum absolute atomic E-state index is 12.0. The molecule has 0 bridgehead atoms. The Balaban J connectivity index is 2.23. The van der Waals surface area contributed by atoms with Gasteiger partial charge in [-0.05, 0) is 48.5 Å². The number of rotatable bonds is 4. The molecule has 96 valence electrons. The van der Waals surface area contributed by atoms with Crippen molar-refractivity contribution in [2.24, 2.45) is 0 Å². The van der Waals surface area contributed by atoms with Crippen LogP contribution in [0, 0.1) is 0 Å². The Hall–Kier alpha value is -2.62. The van der Waals surface area contributed by atoms with Crippen molar-refractivity contribution < 1.29 is 14.3 Å². The van der Waals surface area contributed by atoms with E-state index in [4.69, 9.17) is 10.5 Å². The van der Waals surface area contributed by atoms with Crippen molar-refractivity contribution in [1.29, 1.82) is 0 Å². The number of Topliss-reactive ketones (excluding diaryl/α,β-unsaturated/α-hetero) is 2. The van der Waals surface area contributed by atoms with Gasteiger partial charge < -0.3 is 10.5 Å². The molecule has 0 fully saturated rings. The van der Waals surface area contributed by atoms with Crippen LogP contribution in [0.25, 0.3) is 0 Å². The number of ether oxygens (including phenoxy) is 1. The lowest BCUT2D eigenvalue weighted by Gasteiger charge is -2.03. The summed E-state index contributed by atoms with van der Waals surface area (Å²) in [6.45, 7) is 0. The first-order chi connectivity index (χ1) is 9.11. The first-order valence-corrected chi connectivity index (χ1v) is 5.70. The number of hydrogen-bond acceptors (Lipinski definition) is 4. The Labute approximate surface area is 110 Å². The van der Waals surface area contributed by atoms with E-state index >= 15 is 0 Å². The summed E-state index contributed by atoms with van der Waals surface area (Å²) in [7, 11) is 1.54. The van der Waals surface area contributed by atoms with Crippen LogP contribution in [-0.2, 0) is 0 Å². The molecule has 0 heterocycles. The van der Waals surface area contributed by atoms with Gasteiger partial charge in [0.05, 0.1) is 7.11 Å². The van der Waals surface area contributed by atoms with Crippen LogP contribution < -0.4 is 10.5 Å². The van der Waals surface area contributed by atoms with Gasteiger partial charge in [-0.1, -0.05) is 0 Å². The van der Waals surface area contributed by atoms with E-state index in [1.807, 2.05) is 0 Å². The van der Waals surface area contributed by atoms with E-state index in [0.29, 0.717) is 22.6 Å². The smallest absolute Gasteiger partial charge is 0.233 e. The maximum atomic E-state index is 12.0. The number of anilines is 1. The van der Waals surface area contributed by atoms with Crippen molar-refractivity contribution >= 4 is 17.3 Å². The predicted molar refractivity (Wildman–Crippen MR) is 72.5 cm³/mol. The number of carbonyl (C=O) groups excluding carboxylic acids is 2. The molecule has 0 saturated heterocycles. The fraction of sp³-hybridized carbons (Fsp3) is 0.0667. The Morgan fingerprint density at radius 1 is 0.842 bits per heavy atom. The van der Waals surface area contributed by atoms with Crippen molar-refractivity contribution in [1.82, 2.24) is 0 Å². The van der Waals surface area contributed by atoms with Crippen molar-refractivity contribution in [3.8, 4) is 5.75 Å². The largest absolute Gasteiger partial charge is 0.497 e. The van der Waals surface area contributed by atoms with Crippen LogP contribution in [0.3, 0.4) is 0 Å². The molecule has 2 aromatic carbocycles. The molecule has 0 radical (unpaired) electrons. The van der Waals surface area contributed by atoms with Gasteiger partial charge in [-0.15, -0.1) is 0 Å². The average Bonchev–Trinajstić information content (AvgIpc) is 2.46. The lowest BCUT2D eigenvalue weighted by molar-refractivity contribution is 0.0817. The van der Waals surface area contributed by atoms with E-state index in [2.05, 4.69) is 0 Å². The highest BCUT2D eigenvalue weighted by molar-refractivity contribution is 6.49. The van der Waals surface area contributed by atoms with Crippen LogP contribution >= 0.6 is 0 Å². The second-order valence-corrected chi connectivity index (χ2v) is 4.01. The molecule has 2 aromatic rings. The number of hydrogen-bond donors (Lipinski definition) is 1. The highest BCUT2D eigenvalue weighted by Crippen LogP contribution is 2.14. The summed E-state index contributed by atoms with van der Waals surface area (Å²) in [5.74, 6) is -0.464. The van der Waals surface area contributed by atoms with Crippen LogP contribution in [0.1, 0.15) is 20.7 Å². The summed E-state index contributed by atoms with van der Waals surface area (Å²) in [5.41, 5.74) is 6.75. The normalized spacial score (nSPS) is 9.95. The Morgan fingerprint density at radius 3 is 1.68 bits per heavy atom. The molecule has 0 spiro atoms. The van der Waals surface area contributed by atoms with E-state index in [1.165, 1.54) is 7.11 Å². The highest BCUT2D eigenvalue weighted by Gasteiger charge is 2.17. The third kappa shape index (κ3) is 2.80. The quantitative estimate of drug-likeness (QED) is 0.517. The molecule has 0 atom stereocenters. The summed E-state index contributed by atoms with van der Waals surface area (Å²) >= 11 is 0. The van der Waals surface area contributed by atoms with Crippen LogP contribution in [0.2, 0.25) is 0 Å². The number of benzene rings is 2. The third-order valence-corrected chi connectivity index (χ3v) is 2.73. The van der Waals surface area contributed by atoms with Gasteiger partial charge in [0.1, 0.15) is 5.75 Å². The molecule has 0 aliphatic rings. The fourth-order valence-electron chi connectivity index (χ4n) is 1.64. The van der Waals surface area contributed by atoms with Crippen molar-refractivity contribution in [3.63, 3.8) is 0 Å². The average molecular weight is 255 g/mol. The first kappa shape index (κ1) is 12.8. The third-order valence-electron chi connectivity index (χ3n) is 2.73. The molecular formula is C15H13NO3. The standard InChI is InChI=1S/C15H13NO3/c1-19-13-8-4-11(5-9-13)15(18)14(17)10-2-6-12(16)7-3-10/h2-9H,16H2,1H3. The molecule has 2 rings (SSSR count). The van der Waals surface area contributed by atoms with Gasteiger partial charge in [-0.2, -0.15) is 0 Å². The van der Waals surface area contributed by atoms with E-state index in [0.717, 1.165) is 0 Å². The van der Waals surface area contributed by atoms with Crippen molar-refractivity contribution in [2.45, 2.75) is 0 Å². The van der Waals surface area contributed by atoms with E-state index in [1.54, 1.807) is 48.5 Å². The van der Waals surface area contributed by atoms with Crippen LogP contribution in [0.4, 0.5) is 5.69 Å². The number of methoxy groups -OCH3 is 1. The second kappa shape index (κ2) is 5.35. The van der Waals surface area contributed by atoms with Gasteiger partial charge >= 0.3 is 0 Å². The van der Waals surface area contributed by atoms with E-state index in [9.17, 15) is 9.59 Å². The fourth-order valence-corrected chi connectivity index (χ4v) is 1.64. The lowest BCUT2D eigenvalue weighted by Crippen LogP contribution is -2.14. The number of nitrogen functional groups attached to an aromatic ring is 1. The zero-order valence-electron chi connectivity index (χ0n) is 10.4. The number of carbonyl (C=O) groups is 2. The van der Waals surface area contributed by atoms with Gasteiger partial charge in [0.15, 0.2) is 0 Å². The topological polar surface area (TPSA) is 69.4 Å². The van der Waals surface area contributed by atoms with Crippen molar-refractivity contribution in [2.75, 3.05) is 12.8 Å². The summed E-state index contributed by atoms with van der Waals surface area (Å²) in [6, 6.07) is 12.7. The van der Waals surface area contributed by atoms with Crippen molar-refractivity contribution in [3.05, 3.63) is 59.7 Å². The predicted octanol–water partition coefficient (Wildman–Crippen LogP) is 2.34. The minimum absolute atomic E-state index is 0.329. The first-order valence-electron chi connectivity index (χ1n) is 5.70. The molecule has 19 heavy (non-hydrogen) atoms. The summed E-state index contributed by atoms with van der Waals surface area (Å²) in [6.07, 6.45) is 0. The SMILES string of the molecule is COc1ccc(C(=O)C(=O)c2ccc(N)cc2)cc1. The Morgan fingerprint density at radius 2 is 1.26 bits per heavy atom. The maximum Gasteiger partial charge on any atom is 0.233 e. The van der Waals surface area contributed by atoms with Gasteiger partial charge in [-0.25, -0.2) is 0 Å². The van der Waals surface area contributed by atoms with Gasteiger partial charge in [0.25, 0.3) is 0 Å². The molecule has 0 aliphatic carbocycles. The van der Waals surface area contributed by atoms with Crippen LogP contribution in [0.5, 0.6) is 5.75 Å². The van der Waals surface area contributed by atoms with Crippen LogP contribution in [0.15, 0.2) is 48.5 Å². The monoisotopic (exact) mass is 255 g/mol. The molecule has 4 nitrogen and oxygen atoms in total. The second-order valence-electron chi connectivity index (χ2n) is 4.01. The molecular weight excluding hydrogens is 242 g/mol. The minimum atomic E-state index is -0.551. The zero-order chi connectivity index (χ0) is 13.8. The number of nitrogens with two attached hydrogens (primary N) is 1. The Bertz CT molecular complexity index is 600. The van der Waals surface area contributed by atoms with Gasteiger partial charge in [-0.3, -0.25) is 9.59 Å². The molecule has 0 saturated carbocycles. The number of ketones is 2. The summed E-state index contributed by atoms with van der Waals surface area (Å²) < 4.78 is 5.00. The van der Waals surface area contributed by atoms with Crippen LogP contribution in [-0.4, -0.2) is 18.7 Å². The lowest BCUT2D eigenvalue weighted by atomic mass is 10.0. The van der Waals surface area contributed by atoms with Gasteiger partial charge in [0, 0.05) is 16.8 Å². The minimum Gasteiger partial charge on any atom is -0.497 e. The van der Waals surface area contributed by atoms with E-state index < -0.39 is 11.6 Å². The summed E-state index contributed by atoms with van der Waals surface area (Å²) in [5, 5.41) is 0. The molecule has 0 aliphatic heterocycles. The molecule has 0 aromatic heterocycles. The molecule has 2 N–H and O–H groups in total. The molecule has 0 unspecified atom stereocenters. The zero-order valence-corrected chi connectivity index (χ0v) is 10.4. The summed E-state index contributed by atoms with van der Waals surface area (Å²) in [4.78, 5) is 24.0. The molecule has 0 amide bonds. The Kier molecular flexibility index (Phi) is 3.61.